The van der Waals surface area contributed by atoms with Crippen LogP contribution in [0.15, 0.2) is 85.3 Å². The number of nitrogens with one attached hydrogen (secondary N) is 2. The van der Waals surface area contributed by atoms with Gasteiger partial charge in [0.15, 0.2) is 5.11 Å². The largest absolute Gasteiger partial charge is 0.494 e. The molecule has 1 aromatic carbocycles. The van der Waals surface area contributed by atoms with Crippen LogP contribution in [-0.2, 0) is 4.79 Å². The second kappa shape index (κ2) is 10.2. The second-order valence-electron chi connectivity index (χ2n) is 8.27. The van der Waals surface area contributed by atoms with Gasteiger partial charge in [-0.15, -0.1) is 0 Å². The van der Waals surface area contributed by atoms with Crippen molar-refractivity contribution in [3.63, 3.8) is 0 Å². The van der Waals surface area contributed by atoms with Crippen molar-refractivity contribution in [2.24, 2.45) is 0 Å². The molecule has 0 unspecified atom stereocenters. The molecule has 4 heterocycles. The van der Waals surface area contributed by atoms with Gasteiger partial charge in [0.25, 0.3) is 0 Å². The van der Waals surface area contributed by atoms with Crippen molar-refractivity contribution < 1.29 is 9.53 Å². The van der Waals surface area contributed by atoms with Gasteiger partial charge in [0, 0.05) is 42.5 Å². The van der Waals surface area contributed by atoms with E-state index in [0.29, 0.717) is 23.0 Å². The molecular weight excluding hydrogens is 472 g/mol. The maximum absolute atomic E-state index is 12.0. The van der Waals surface area contributed by atoms with E-state index < -0.39 is 0 Å². The zero-order valence-electron chi connectivity index (χ0n) is 20.0. The number of rotatable bonds is 7. The standard InChI is InChI=1S/C27H26N6O2S/c1-3-24(34)30-19-13-12-18(17-22(19)35-2)33-26(25(31-27(33)36)20-9-4-6-14-28-20)21-10-8-16-32(21)23-11-5-7-15-29-23/h4-17,25-26H,3H2,1-2H3,(H,30,34)(H,31,36)/t25-,26-/m1/s1. The normalized spacial score (nSPS) is 17.1. The Bertz CT molecular complexity index is 1380. The average molecular weight is 499 g/mol. The van der Waals surface area contributed by atoms with Crippen molar-refractivity contribution in [2.75, 3.05) is 17.3 Å². The van der Waals surface area contributed by atoms with Crippen LogP contribution in [0.4, 0.5) is 11.4 Å². The molecular formula is C27H26N6O2S. The molecule has 1 saturated heterocycles. The Morgan fingerprint density at radius 2 is 1.89 bits per heavy atom. The number of benzene rings is 1. The number of nitrogens with zero attached hydrogens (tertiary/aromatic N) is 4. The molecule has 1 aliphatic rings. The molecule has 182 valence electrons. The topological polar surface area (TPSA) is 84.3 Å². The molecule has 36 heavy (non-hydrogen) atoms. The number of pyridine rings is 2. The molecule has 2 atom stereocenters. The summed E-state index contributed by atoms with van der Waals surface area (Å²) in [5, 5.41) is 6.94. The minimum absolute atomic E-state index is 0.0827. The fourth-order valence-corrected chi connectivity index (χ4v) is 4.79. The smallest absolute Gasteiger partial charge is 0.224 e. The summed E-state index contributed by atoms with van der Waals surface area (Å²) < 4.78 is 7.69. The van der Waals surface area contributed by atoms with Gasteiger partial charge in [-0.25, -0.2) is 4.98 Å². The Morgan fingerprint density at radius 3 is 2.58 bits per heavy atom. The van der Waals surface area contributed by atoms with E-state index in [0.717, 1.165) is 22.9 Å². The minimum atomic E-state index is -0.231. The van der Waals surface area contributed by atoms with E-state index in [1.807, 2.05) is 73.8 Å². The lowest BCUT2D eigenvalue weighted by Crippen LogP contribution is -2.30. The minimum Gasteiger partial charge on any atom is -0.494 e. The third-order valence-electron chi connectivity index (χ3n) is 6.14. The molecule has 0 bridgehead atoms. The number of hydrogen-bond donors (Lipinski definition) is 2. The second-order valence-corrected chi connectivity index (χ2v) is 8.66. The van der Waals surface area contributed by atoms with Crippen LogP contribution < -0.4 is 20.3 Å². The summed E-state index contributed by atoms with van der Waals surface area (Å²) >= 11 is 5.86. The van der Waals surface area contributed by atoms with Crippen LogP contribution >= 0.6 is 12.2 Å². The molecule has 1 amide bonds. The Labute approximate surface area is 215 Å². The predicted molar refractivity (Wildman–Crippen MR) is 143 cm³/mol. The van der Waals surface area contributed by atoms with Crippen LogP contribution in [0, 0.1) is 0 Å². The molecule has 5 rings (SSSR count). The monoisotopic (exact) mass is 498 g/mol. The van der Waals surface area contributed by atoms with Crippen molar-refractivity contribution in [3.8, 4) is 11.6 Å². The molecule has 8 nitrogen and oxygen atoms in total. The lowest BCUT2D eigenvalue weighted by molar-refractivity contribution is -0.115. The molecule has 0 spiro atoms. The summed E-state index contributed by atoms with van der Waals surface area (Å²) in [7, 11) is 1.58. The van der Waals surface area contributed by atoms with Crippen molar-refractivity contribution in [1.29, 1.82) is 0 Å². The third-order valence-corrected chi connectivity index (χ3v) is 6.45. The van der Waals surface area contributed by atoms with Gasteiger partial charge in [-0.2, -0.15) is 0 Å². The summed E-state index contributed by atoms with van der Waals surface area (Å²) in [4.78, 5) is 23.3. The highest BCUT2D eigenvalue weighted by Crippen LogP contribution is 2.43. The number of thiocarbonyl (C=S) groups is 1. The van der Waals surface area contributed by atoms with E-state index in [1.54, 1.807) is 19.5 Å². The van der Waals surface area contributed by atoms with E-state index in [2.05, 4.69) is 36.1 Å². The number of ether oxygens (including phenoxy) is 1. The zero-order valence-corrected chi connectivity index (χ0v) is 20.8. The number of aromatic nitrogens is 3. The molecule has 0 saturated carbocycles. The predicted octanol–water partition coefficient (Wildman–Crippen LogP) is 4.80. The van der Waals surface area contributed by atoms with E-state index in [1.165, 1.54) is 0 Å². The molecule has 1 aliphatic heterocycles. The van der Waals surface area contributed by atoms with Crippen LogP contribution in [-0.4, -0.2) is 32.7 Å². The van der Waals surface area contributed by atoms with Gasteiger partial charge in [-0.3, -0.25) is 9.78 Å². The van der Waals surface area contributed by atoms with Gasteiger partial charge >= 0.3 is 0 Å². The van der Waals surface area contributed by atoms with Gasteiger partial charge in [-0.05, 0) is 60.7 Å². The van der Waals surface area contributed by atoms with Crippen LogP contribution in [0.25, 0.3) is 5.82 Å². The molecule has 3 aromatic heterocycles. The first-order chi connectivity index (χ1) is 17.6. The Balaban J connectivity index is 1.62. The van der Waals surface area contributed by atoms with Gasteiger partial charge in [0.2, 0.25) is 5.91 Å². The molecule has 4 aromatic rings. The summed E-state index contributed by atoms with van der Waals surface area (Å²) in [6.07, 6.45) is 5.94. The highest BCUT2D eigenvalue weighted by atomic mass is 32.1. The van der Waals surface area contributed by atoms with Gasteiger partial charge < -0.3 is 24.8 Å². The molecule has 9 heteroatoms. The SMILES string of the molecule is CCC(=O)Nc1ccc(N2C(=S)N[C@H](c3ccccn3)[C@H]2c2cccn2-c2ccccn2)cc1OC. The summed E-state index contributed by atoms with van der Waals surface area (Å²) in [6, 6.07) is 21.0. The van der Waals surface area contributed by atoms with Crippen LogP contribution in [0.1, 0.15) is 36.8 Å². The van der Waals surface area contributed by atoms with Crippen molar-refractivity contribution in [1.82, 2.24) is 19.9 Å². The lowest BCUT2D eigenvalue weighted by Gasteiger charge is -2.29. The van der Waals surface area contributed by atoms with Gasteiger partial charge in [0.05, 0.1) is 24.5 Å². The Kier molecular flexibility index (Phi) is 6.64. The van der Waals surface area contributed by atoms with Crippen molar-refractivity contribution in [2.45, 2.75) is 25.4 Å². The molecule has 0 radical (unpaired) electrons. The first kappa shape index (κ1) is 23.5. The first-order valence-corrected chi connectivity index (χ1v) is 12.1. The number of carbonyl (C=O) groups excluding carboxylic acids is 1. The van der Waals surface area contributed by atoms with Crippen molar-refractivity contribution >= 4 is 34.6 Å². The summed E-state index contributed by atoms with van der Waals surface area (Å²) in [5.74, 6) is 1.28. The van der Waals surface area contributed by atoms with Crippen molar-refractivity contribution in [3.05, 3.63) is 96.7 Å². The first-order valence-electron chi connectivity index (χ1n) is 11.7. The lowest BCUT2D eigenvalue weighted by atomic mass is 10.0. The Hall–Kier alpha value is -4.24. The highest BCUT2D eigenvalue weighted by molar-refractivity contribution is 7.80. The maximum Gasteiger partial charge on any atom is 0.224 e. The number of methoxy groups -OCH3 is 1. The summed E-state index contributed by atoms with van der Waals surface area (Å²) in [6.45, 7) is 1.81. The van der Waals surface area contributed by atoms with E-state index in [4.69, 9.17) is 17.0 Å². The maximum atomic E-state index is 12.0. The highest BCUT2D eigenvalue weighted by Gasteiger charge is 2.42. The molecule has 2 N–H and O–H groups in total. The van der Waals surface area contributed by atoms with E-state index in [-0.39, 0.29) is 18.0 Å². The Morgan fingerprint density at radius 1 is 1.08 bits per heavy atom. The number of carbonyl (C=O) groups is 1. The average Bonchev–Trinajstić information content (AvgIpc) is 3.54. The van der Waals surface area contributed by atoms with Crippen LogP contribution in [0.3, 0.4) is 0 Å². The van der Waals surface area contributed by atoms with Gasteiger partial charge in [-0.1, -0.05) is 19.1 Å². The van der Waals surface area contributed by atoms with Gasteiger partial charge in [0.1, 0.15) is 17.6 Å². The number of anilines is 2. The number of hydrogen-bond acceptors (Lipinski definition) is 5. The fraction of sp³-hybridized carbons (Fsp3) is 0.185. The number of amides is 1. The van der Waals surface area contributed by atoms with Crippen LogP contribution in [0.5, 0.6) is 5.75 Å². The fourth-order valence-electron chi connectivity index (χ4n) is 4.45. The quantitative estimate of drug-likeness (QED) is 0.354. The molecule has 0 aliphatic carbocycles. The molecule has 1 fully saturated rings. The summed E-state index contributed by atoms with van der Waals surface area (Å²) in [5.41, 5.74) is 3.32. The third kappa shape index (κ3) is 4.40. The zero-order chi connectivity index (χ0) is 25.1. The van der Waals surface area contributed by atoms with E-state index >= 15 is 0 Å². The van der Waals surface area contributed by atoms with E-state index in [9.17, 15) is 4.79 Å². The van der Waals surface area contributed by atoms with Crippen LogP contribution in [0.2, 0.25) is 0 Å².